The molecule has 5 aliphatic carbocycles. The Hall–Kier alpha value is -1.69. The summed E-state index contributed by atoms with van der Waals surface area (Å²) in [6.45, 7) is 21.3. The maximum atomic E-state index is 14.7. The summed E-state index contributed by atoms with van der Waals surface area (Å²) in [7, 11) is 0. The summed E-state index contributed by atoms with van der Waals surface area (Å²) in [4.78, 5) is 33.9. The van der Waals surface area contributed by atoms with Crippen LogP contribution in [-0.2, 0) is 23.9 Å². The number of esters is 1. The highest BCUT2D eigenvalue weighted by atomic mass is 16.6. The van der Waals surface area contributed by atoms with Gasteiger partial charge in [0.2, 0.25) is 0 Å². The van der Waals surface area contributed by atoms with E-state index in [1.807, 2.05) is 6.92 Å². The van der Waals surface area contributed by atoms with Gasteiger partial charge in [0.1, 0.15) is 6.61 Å². The SMILES string of the molecule is CCOC(=O)[C@@]1(C)CC[C@]2(C)CC[C@]3(C)C(=CC(=O)[C@@H]4[C@@]5(C)CC/C(=N\OCC6CCOCC6)C(C)(C)[C@@H]5CC[C@]43C)[C@@H]2C1. The molecule has 0 bridgehead atoms. The van der Waals surface area contributed by atoms with E-state index in [9.17, 15) is 9.59 Å². The zero-order valence-electron chi connectivity index (χ0n) is 29.0. The zero-order valence-corrected chi connectivity index (χ0v) is 29.0. The first-order chi connectivity index (χ1) is 20.6. The van der Waals surface area contributed by atoms with Gasteiger partial charge in [-0.25, -0.2) is 0 Å². The molecule has 6 heteroatoms. The lowest BCUT2D eigenvalue weighted by atomic mass is 9.33. The Balaban J connectivity index is 1.30. The molecular weight excluding hydrogens is 550 g/mol. The molecule has 0 N–H and O–H groups in total. The monoisotopic (exact) mass is 609 g/mol. The fraction of sp³-hybridized carbons (Fsp3) is 0.868. The van der Waals surface area contributed by atoms with Crippen molar-refractivity contribution in [3.05, 3.63) is 11.6 Å². The van der Waals surface area contributed by atoms with Crippen molar-refractivity contribution < 1.29 is 23.9 Å². The fourth-order valence-corrected chi connectivity index (χ4v) is 11.8. The Labute approximate surface area is 266 Å². The maximum Gasteiger partial charge on any atom is 0.311 e. The third-order valence-corrected chi connectivity index (χ3v) is 14.9. The summed E-state index contributed by atoms with van der Waals surface area (Å²) < 4.78 is 11.1. The van der Waals surface area contributed by atoms with Gasteiger partial charge in [-0.1, -0.05) is 52.3 Å². The predicted molar refractivity (Wildman–Crippen MR) is 173 cm³/mol. The number of carbonyl (C=O) groups is 2. The van der Waals surface area contributed by atoms with Gasteiger partial charge < -0.3 is 14.3 Å². The van der Waals surface area contributed by atoms with E-state index in [0.717, 1.165) is 83.8 Å². The highest BCUT2D eigenvalue weighted by molar-refractivity contribution is 5.97. The first-order valence-electron chi connectivity index (χ1n) is 17.8. The van der Waals surface area contributed by atoms with Crippen molar-refractivity contribution in [3.8, 4) is 0 Å². The van der Waals surface area contributed by atoms with E-state index in [0.29, 0.717) is 30.8 Å². The standard InChI is InChI=1S/C38H59NO5/c1-9-43-32(41)35(5)17-16-34(4)18-19-37(7)26(27(34)23-35)22-28(40)31-36(6)14-11-30(39-44-24-25-12-20-42-21-13-25)33(2,3)29(36)10-15-38(31,37)8/h22,25,27,29,31H,9-21,23-24H2,1-8H3/b39-30+/t27-,29-,31+,34+,35-,36-,37+,38+/m0/s1. The van der Waals surface area contributed by atoms with Gasteiger partial charge in [-0.2, -0.15) is 0 Å². The molecule has 0 aromatic rings. The molecule has 6 aliphatic rings. The van der Waals surface area contributed by atoms with E-state index in [-0.39, 0.29) is 44.9 Å². The molecule has 0 spiro atoms. The first kappa shape index (κ1) is 32.3. The van der Waals surface area contributed by atoms with Crippen molar-refractivity contribution in [1.82, 2.24) is 0 Å². The van der Waals surface area contributed by atoms with Crippen LogP contribution in [0.2, 0.25) is 0 Å². The Morgan fingerprint density at radius 2 is 1.66 bits per heavy atom. The van der Waals surface area contributed by atoms with Crippen LogP contribution in [0.25, 0.3) is 0 Å². The minimum atomic E-state index is -0.486. The van der Waals surface area contributed by atoms with Crippen LogP contribution in [0.1, 0.15) is 126 Å². The second-order valence-electron chi connectivity index (χ2n) is 17.6. The largest absolute Gasteiger partial charge is 0.466 e. The Morgan fingerprint density at radius 3 is 2.36 bits per heavy atom. The highest BCUT2D eigenvalue weighted by Gasteiger charge is 2.70. The maximum absolute atomic E-state index is 14.7. The highest BCUT2D eigenvalue weighted by Crippen LogP contribution is 2.75. The van der Waals surface area contributed by atoms with Crippen LogP contribution in [0, 0.1) is 56.2 Å². The van der Waals surface area contributed by atoms with Crippen LogP contribution >= 0.6 is 0 Å². The topological polar surface area (TPSA) is 74.2 Å². The van der Waals surface area contributed by atoms with Crippen LogP contribution in [0.4, 0.5) is 0 Å². The van der Waals surface area contributed by atoms with Crippen LogP contribution in [0.15, 0.2) is 16.8 Å². The fourth-order valence-electron chi connectivity index (χ4n) is 11.8. The minimum Gasteiger partial charge on any atom is -0.466 e. The summed E-state index contributed by atoms with van der Waals surface area (Å²) in [6.07, 6.45) is 13.2. The average Bonchev–Trinajstić information content (AvgIpc) is 2.97. The van der Waals surface area contributed by atoms with Crippen LogP contribution in [0.5, 0.6) is 0 Å². The number of ketones is 1. The number of oxime groups is 1. The first-order valence-corrected chi connectivity index (χ1v) is 17.8. The summed E-state index contributed by atoms with van der Waals surface area (Å²) in [6, 6.07) is 0. The summed E-state index contributed by atoms with van der Waals surface area (Å²) in [5.41, 5.74) is 1.80. The molecule has 0 amide bonds. The van der Waals surface area contributed by atoms with Crippen molar-refractivity contribution in [2.24, 2.45) is 61.3 Å². The van der Waals surface area contributed by atoms with E-state index in [1.54, 1.807) is 0 Å². The second kappa shape index (κ2) is 10.9. The van der Waals surface area contributed by atoms with Crippen molar-refractivity contribution >= 4 is 17.5 Å². The van der Waals surface area contributed by atoms with Crippen LogP contribution in [0.3, 0.4) is 0 Å². The molecular formula is C38H59NO5. The molecule has 0 radical (unpaired) electrons. The molecule has 1 saturated heterocycles. The van der Waals surface area contributed by atoms with Crippen molar-refractivity contribution in [3.63, 3.8) is 0 Å². The zero-order chi connectivity index (χ0) is 31.8. The minimum absolute atomic E-state index is 0.00382. The van der Waals surface area contributed by atoms with Gasteiger partial charge in [0, 0.05) is 30.5 Å². The lowest BCUT2D eigenvalue weighted by Crippen LogP contribution is -2.66. The van der Waals surface area contributed by atoms with Gasteiger partial charge in [0.15, 0.2) is 5.78 Å². The smallest absolute Gasteiger partial charge is 0.311 e. The Morgan fingerprint density at radius 1 is 0.955 bits per heavy atom. The lowest BCUT2D eigenvalue weighted by Gasteiger charge is -2.70. The van der Waals surface area contributed by atoms with E-state index in [4.69, 9.17) is 19.5 Å². The molecule has 0 unspecified atom stereocenters. The number of fused-ring (bicyclic) bond motifs is 7. The van der Waals surface area contributed by atoms with Crippen molar-refractivity contribution in [2.45, 2.75) is 126 Å². The van der Waals surface area contributed by atoms with E-state index in [1.165, 1.54) is 11.3 Å². The normalized spacial score (nSPS) is 46.2. The van der Waals surface area contributed by atoms with E-state index < -0.39 is 5.41 Å². The van der Waals surface area contributed by atoms with Gasteiger partial charge in [0.05, 0.1) is 17.7 Å². The Kier molecular flexibility index (Phi) is 8.02. The van der Waals surface area contributed by atoms with Gasteiger partial charge in [-0.15, -0.1) is 0 Å². The number of rotatable bonds is 5. The predicted octanol–water partition coefficient (Wildman–Crippen LogP) is 8.33. The number of nitrogens with zero attached hydrogens (tertiary/aromatic N) is 1. The van der Waals surface area contributed by atoms with Gasteiger partial charge >= 0.3 is 5.97 Å². The molecule has 44 heavy (non-hydrogen) atoms. The molecule has 6 nitrogen and oxygen atoms in total. The van der Waals surface area contributed by atoms with Crippen LogP contribution in [-0.4, -0.2) is 43.9 Å². The van der Waals surface area contributed by atoms with Gasteiger partial charge in [0.25, 0.3) is 0 Å². The molecule has 4 saturated carbocycles. The molecule has 1 heterocycles. The third-order valence-electron chi connectivity index (χ3n) is 14.9. The molecule has 0 aromatic heterocycles. The van der Waals surface area contributed by atoms with Crippen LogP contribution < -0.4 is 0 Å². The number of hydrogen-bond donors (Lipinski definition) is 0. The van der Waals surface area contributed by atoms with Gasteiger partial charge in [-0.05, 0) is 124 Å². The number of hydrogen-bond acceptors (Lipinski definition) is 6. The number of ether oxygens (including phenoxy) is 2. The molecule has 1 aliphatic heterocycles. The lowest BCUT2D eigenvalue weighted by molar-refractivity contribution is -0.177. The van der Waals surface area contributed by atoms with Gasteiger partial charge in [-0.3, -0.25) is 9.59 Å². The van der Waals surface area contributed by atoms with Crippen molar-refractivity contribution in [2.75, 3.05) is 26.4 Å². The quantitative estimate of drug-likeness (QED) is 0.231. The van der Waals surface area contributed by atoms with Crippen molar-refractivity contribution in [1.29, 1.82) is 0 Å². The average molecular weight is 610 g/mol. The Bertz CT molecular complexity index is 1230. The molecule has 6 rings (SSSR count). The summed E-state index contributed by atoms with van der Waals surface area (Å²) in [5.74, 6) is 1.42. The molecule has 8 atom stereocenters. The molecule has 5 fully saturated rings. The summed E-state index contributed by atoms with van der Waals surface area (Å²) >= 11 is 0. The number of allylic oxidation sites excluding steroid dienone is 2. The molecule has 0 aromatic carbocycles. The van der Waals surface area contributed by atoms with E-state index >= 15 is 0 Å². The third kappa shape index (κ3) is 4.68. The van der Waals surface area contributed by atoms with E-state index in [2.05, 4.69) is 54.5 Å². The second-order valence-corrected chi connectivity index (χ2v) is 17.6. The number of carbonyl (C=O) groups excluding carboxylic acids is 2. The summed E-state index contributed by atoms with van der Waals surface area (Å²) in [5, 5.41) is 4.81. The molecule has 246 valence electrons.